The molecule has 0 atom stereocenters. The van der Waals surface area contributed by atoms with Gasteiger partial charge in [-0.1, -0.05) is 18.2 Å². The van der Waals surface area contributed by atoms with Crippen LogP contribution in [0.5, 0.6) is 5.88 Å². The molecule has 1 aromatic carbocycles. The third-order valence-electron chi connectivity index (χ3n) is 2.32. The first-order chi connectivity index (χ1) is 7.35. The standard InChI is InChI=1S/C12H14N2O/c1-13-8-10-7-9-5-3-4-6-11(9)14-12(10)15-2/h3-7,13H,8H2,1-2H3. The van der Waals surface area contributed by atoms with Gasteiger partial charge in [-0.2, -0.15) is 0 Å². The zero-order valence-corrected chi connectivity index (χ0v) is 8.95. The van der Waals surface area contributed by atoms with Crippen molar-refractivity contribution in [2.75, 3.05) is 14.2 Å². The molecule has 0 bridgehead atoms. The Kier molecular flexibility index (Phi) is 2.83. The van der Waals surface area contributed by atoms with Crippen LogP contribution in [0.25, 0.3) is 10.9 Å². The fourth-order valence-corrected chi connectivity index (χ4v) is 1.64. The van der Waals surface area contributed by atoms with E-state index >= 15 is 0 Å². The summed E-state index contributed by atoms with van der Waals surface area (Å²) in [4.78, 5) is 4.45. The van der Waals surface area contributed by atoms with Gasteiger partial charge in [0, 0.05) is 17.5 Å². The second-order valence-electron chi connectivity index (χ2n) is 3.38. The number of methoxy groups -OCH3 is 1. The van der Waals surface area contributed by atoms with Crippen LogP contribution in [-0.4, -0.2) is 19.1 Å². The van der Waals surface area contributed by atoms with Crippen LogP contribution in [0.15, 0.2) is 30.3 Å². The number of nitrogens with one attached hydrogen (secondary N) is 1. The summed E-state index contributed by atoms with van der Waals surface area (Å²) < 4.78 is 5.25. The summed E-state index contributed by atoms with van der Waals surface area (Å²) in [5.74, 6) is 0.697. The van der Waals surface area contributed by atoms with E-state index in [1.165, 1.54) is 0 Å². The topological polar surface area (TPSA) is 34.2 Å². The Balaban J connectivity index is 2.58. The highest BCUT2D eigenvalue weighted by Crippen LogP contribution is 2.21. The third-order valence-corrected chi connectivity index (χ3v) is 2.32. The van der Waals surface area contributed by atoms with Crippen molar-refractivity contribution in [3.63, 3.8) is 0 Å². The highest BCUT2D eigenvalue weighted by Gasteiger charge is 2.05. The molecular weight excluding hydrogens is 188 g/mol. The second kappa shape index (κ2) is 4.28. The van der Waals surface area contributed by atoms with Crippen LogP contribution in [0, 0.1) is 0 Å². The fraction of sp³-hybridized carbons (Fsp3) is 0.250. The zero-order valence-electron chi connectivity index (χ0n) is 8.95. The molecule has 1 aromatic heterocycles. The van der Waals surface area contributed by atoms with E-state index in [0.717, 1.165) is 23.0 Å². The molecule has 0 saturated carbocycles. The summed E-state index contributed by atoms with van der Waals surface area (Å²) in [6, 6.07) is 10.1. The van der Waals surface area contributed by atoms with Crippen LogP contribution in [0.4, 0.5) is 0 Å². The van der Waals surface area contributed by atoms with E-state index in [4.69, 9.17) is 4.74 Å². The number of hydrogen-bond acceptors (Lipinski definition) is 3. The lowest BCUT2D eigenvalue weighted by Crippen LogP contribution is -2.07. The van der Waals surface area contributed by atoms with Gasteiger partial charge < -0.3 is 10.1 Å². The highest BCUT2D eigenvalue weighted by molar-refractivity contribution is 5.79. The zero-order chi connectivity index (χ0) is 10.7. The van der Waals surface area contributed by atoms with E-state index < -0.39 is 0 Å². The third kappa shape index (κ3) is 1.92. The summed E-state index contributed by atoms with van der Waals surface area (Å²) in [6.07, 6.45) is 0. The maximum Gasteiger partial charge on any atom is 0.218 e. The Morgan fingerprint density at radius 2 is 2.13 bits per heavy atom. The fourth-order valence-electron chi connectivity index (χ4n) is 1.64. The molecule has 78 valence electrons. The monoisotopic (exact) mass is 202 g/mol. The van der Waals surface area contributed by atoms with Gasteiger partial charge in [-0.15, -0.1) is 0 Å². The van der Waals surface area contributed by atoms with Gasteiger partial charge in [-0.3, -0.25) is 0 Å². The first-order valence-corrected chi connectivity index (χ1v) is 4.92. The van der Waals surface area contributed by atoms with Gasteiger partial charge in [0.15, 0.2) is 0 Å². The van der Waals surface area contributed by atoms with Crippen molar-refractivity contribution in [3.05, 3.63) is 35.9 Å². The number of aromatic nitrogens is 1. The average Bonchev–Trinajstić information content (AvgIpc) is 2.28. The van der Waals surface area contributed by atoms with E-state index in [-0.39, 0.29) is 0 Å². The van der Waals surface area contributed by atoms with Crippen LogP contribution in [0.1, 0.15) is 5.56 Å². The van der Waals surface area contributed by atoms with Crippen LogP contribution in [-0.2, 0) is 6.54 Å². The average molecular weight is 202 g/mol. The van der Waals surface area contributed by atoms with Gasteiger partial charge in [0.25, 0.3) is 0 Å². The maximum atomic E-state index is 5.25. The van der Waals surface area contributed by atoms with Crippen molar-refractivity contribution >= 4 is 10.9 Å². The molecule has 0 fully saturated rings. The van der Waals surface area contributed by atoms with E-state index in [2.05, 4.69) is 22.4 Å². The van der Waals surface area contributed by atoms with E-state index in [1.54, 1.807) is 7.11 Å². The Labute approximate surface area is 89.1 Å². The molecule has 3 nitrogen and oxygen atoms in total. The van der Waals surface area contributed by atoms with Crippen molar-refractivity contribution in [2.45, 2.75) is 6.54 Å². The van der Waals surface area contributed by atoms with Crippen molar-refractivity contribution in [3.8, 4) is 5.88 Å². The van der Waals surface area contributed by atoms with Crippen LogP contribution in [0.2, 0.25) is 0 Å². The van der Waals surface area contributed by atoms with Gasteiger partial charge >= 0.3 is 0 Å². The predicted octanol–water partition coefficient (Wildman–Crippen LogP) is 1.96. The molecule has 0 amide bonds. The van der Waals surface area contributed by atoms with E-state index in [9.17, 15) is 0 Å². The molecule has 0 aliphatic heterocycles. The van der Waals surface area contributed by atoms with Crippen molar-refractivity contribution < 1.29 is 4.74 Å². The molecule has 0 aliphatic rings. The largest absolute Gasteiger partial charge is 0.481 e. The second-order valence-corrected chi connectivity index (χ2v) is 3.38. The van der Waals surface area contributed by atoms with E-state index in [0.29, 0.717) is 5.88 Å². The maximum absolute atomic E-state index is 5.25. The molecule has 0 unspecified atom stereocenters. The Morgan fingerprint density at radius 3 is 2.87 bits per heavy atom. The predicted molar refractivity (Wildman–Crippen MR) is 61.1 cm³/mol. The van der Waals surface area contributed by atoms with Gasteiger partial charge in [-0.25, -0.2) is 4.98 Å². The van der Waals surface area contributed by atoms with Crippen LogP contribution >= 0.6 is 0 Å². The molecule has 15 heavy (non-hydrogen) atoms. The SMILES string of the molecule is CNCc1cc2ccccc2nc1OC. The molecule has 1 N–H and O–H groups in total. The normalized spacial score (nSPS) is 10.5. The summed E-state index contributed by atoms with van der Waals surface area (Å²) >= 11 is 0. The summed E-state index contributed by atoms with van der Waals surface area (Å²) in [6.45, 7) is 0.765. The smallest absolute Gasteiger partial charge is 0.218 e. The van der Waals surface area contributed by atoms with E-state index in [1.807, 2.05) is 25.2 Å². The molecule has 3 heteroatoms. The minimum Gasteiger partial charge on any atom is -0.481 e. The van der Waals surface area contributed by atoms with Crippen molar-refractivity contribution in [1.29, 1.82) is 0 Å². The quantitative estimate of drug-likeness (QED) is 0.826. The van der Waals surface area contributed by atoms with Crippen molar-refractivity contribution in [2.24, 2.45) is 0 Å². The summed E-state index contributed by atoms with van der Waals surface area (Å²) in [5, 5.41) is 4.25. The molecule has 0 radical (unpaired) electrons. The Bertz CT molecular complexity index is 468. The number of ether oxygens (including phenoxy) is 1. The highest BCUT2D eigenvalue weighted by atomic mass is 16.5. The molecule has 0 spiro atoms. The number of fused-ring (bicyclic) bond motifs is 1. The molecule has 2 aromatic rings. The number of nitrogens with zero attached hydrogens (tertiary/aromatic N) is 1. The summed E-state index contributed by atoms with van der Waals surface area (Å²) in [7, 11) is 3.56. The number of para-hydroxylation sites is 1. The van der Waals surface area contributed by atoms with Crippen molar-refractivity contribution in [1.82, 2.24) is 10.3 Å². The Hall–Kier alpha value is -1.61. The molecule has 0 aliphatic carbocycles. The van der Waals surface area contributed by atoms with Gasteiger partial charge in [0.05, 0.1) is 12.6 Å². The molecule has 1 heterocycles. The van der Waals surface area contributed by atoms with Gasteiger partial charge in [0.2, 0.25) is 5.88 Å². The lowest BCUT2D eigenvalue weighted by Gasteiger charge is -2.08. The van der Waals surface area contributed by atoms with Crippen LogP contribution < -0.4 is 10.1 Å². The minimum absolute atomic E-state index is 0.697. The first kappa shape index (κ1) is 9.93. The number of rotatable bonds is 3. The molecule has 0 saturated heterocycles. The lowest BCUT2D eigenvalue weighted by atomic mass is 10.1. The summed E-state index contributed by atoms with van der Waals surface area (Å²) in [5.41, 5.74) is 2.05. The number of pyridine rings is 1. The van der Waals surface area contributed by atoms with Gasteiger partial charge in [-0.05, 0) is 19.2 Å². The van der Waals surface area contributed by atoms with Gasteiger partial charge in [0.1, 0.15) is 0 Å². The number of benzene rings is 1. The number of hydrogen-bond donors (Lipinski definition) is 1. The minimum atomic E-state index is 0.697. The lowest BCUT2D eigenvalue weighted by molar-refractivity contribution is 0.393. The van der Waals surface area contributed by atoms with Crippen LogP contribution in [0.3, 0.4) is 0 Å². The Morgan fingerprint density at radius 1 is 1.33 bits per heavy atom. The first-order valence-electron chi connectivity index (χ1n) is 4.92. The molecular formula is C12H14N2O. The molecule has 2 rings (SSSR count).